The summed E-state index contributed by atoms with van der Waals surface area (Å²) in [5.41, 5.74) is 1.19. The molecule has 0 amide bonds. The summed E-state index contributed by atoms with van der Waals surface area (Å²) in [6, 6.07) is 8.15. The highest BCUT2D eigenvalue weighted by atomic mass is 16.8. The van der Waals surface area contributed by atoms with Gasteiger partial charge in [-0.15, -0.1) is 0 Å². The molecule has 5 heteroatoms. The molecular weight excluding hydrogens is 246 g/mol. The fraction of sp³-hybridized carbons (Fsp3) is 0.571. The molecular formula is C14H17NO4. The van der Waals surface area contributed by atoms with E-state index < -0.39 is 0 Å². The molecule has 1 aromatic carbocycles. The van der Waals surface area contributed by atoms with E-state index in [4.69, 9.17) is 18.9 Å². The van der Waals surface area contributed by atoms with E-state index in [1.165, 1.54) is 5.69 Å². The lowest BCUT2D eigenvalue weighted by Crippen LogP contribution is -2.31. The summed E-state index contributed by atoms with van der Waals surface area (Å²) in [4.78, 5) is 2.33. The van der Waals surface area contributed by atoms with Crippen molar-refractivity contribution < 1.29 is 18.9 Å². The molecule has 0 saturated carbocycles. The van der Waals surface area contributed by atoms with E-state index in [1.54, 1.807) is 0 Å². The Morgan fingerprint density at radius 2 is 1.53 bits per heavy atom. The zero-order valence-electron chi connectivity index (χ0n) is 10.7. The number of hydrogen-bond acceptors (Lipinski definition) is 5. The van der Waals surface area contributed by atoms with Crippen molar-refractivity contribution in [2.24, 2.45) is 0 Å². The van der Waals surface area contributed by atoms with Crippen molar-refractivity contribution in [1.29, 1.82) is 0 Å². The minimum Gasteiger partial charge on any atom is -0.462 e. The Balaban J connectivity index is 1.43. The number of ether oxygens (including phenoxy) is 4. The Kier molecular flexibility index (Phi) is 2.83. The summed E-state index contributed by atoms with van der Waals surface area (Å²) in [7, 11) is 0. The van der Waals surface area contributed by atoms with Crippen LogP contribution in [0.3, 0.4) is 0 Å². The van der Waals surface area contributed by atoms with Gasteiger partial charge in [0.15, 0.2) is 0 Å². The van der Waals surface area contributed by atoms with E-state index >= 15 is 0 Å². The van der Waals surface area contributed by atoms with E-state index in [1.807, 2.05) is 12.1 Å². The first-order valence-electron chi connectivity index (χ1n) is 6.73. The molecule has 0 aliphatic carbocycles. The molecule has 3 heterocycles. The van der Waals surface area contributed by atoms with E-state index in [2.05, 4.69) is 17.0 Å². The van der Waals surface area contributed by atoms with E-state index in [-0.39, 0.29) is 6.29 Å². The number of anilines is 1. The number of hydrogen-bond donors (Lipinski definition) is 0. The largest absolute Gasteiger partial charge is 0.462 e. The van der Waals surface area contributed by atoms with Gasteiger partial charge >= 0.3 is 0 Å². The molecule has 0 bridgehead atoms. The van der Waals surface area contributed by atoms with Crippen molar-refractivity contribution in [3.63, 3.8) is 0 Å². The smallest absolute Gasteiger partial charge is 0.223 e. The number of nitrogens with zero attached hydrogens (tertiary/aromatic N) is 1. The molecule has 0 aromatic heterocycles. The van der Waals surface area contributed by atoms with Crippen molar-refractivity contribution in [3.05, 3.63) is 24.3 Å². The molecule has 102 valence electrons. The Hall–Kier alpha value is -1.30. The third kappa shape index (κ3) is 3.18. The summed E-state index contributed by atoms with van der Waals surface area (Å²) in [6.45, 7) is 4.33. The van der Waals surface area contributed by atoms with Crippen LogP contribution in [0.5, 0.6) is 5.75 Å². The first-order valence-corrected chi connectivity index (χ1v) is 6.73. The van der Waals surface area contributed by atoms with Crippen molar-refractivity contribution in [3.8, 4) is 5.75 Å². The highest BCUT2D eigenvalue weighted by Gasteiger charge is 2.31. The zero-order valence-corrected chi connectivity index (χ0v) is 10.7. The van der Waals surface area contributed by atoms with Crippen molar-refractivity contribution in [2.45, 2.75) is 18.5 Å². The van der Waals surface area contributed by atoms with Gasteiger partial charge < -0.3 is 23.8 Å². The summed E-state index contributed by atoms with van der Waals surface area (Å²) < 4.78 is 21.2. The van der Waals surface area contributed by atoms with E-state index in [9.17, 15) is 0 Å². The first-order chi connectivity index (χ1) is 9.37. The number of epoxide rings is 3. The predicted octanol–water partition coefficient (Wildman–Crippen LogP) is 1.03. The molecule has 0 N–H and O–H groups in total. The SMILES string of the molecule is c1cc(N(CC2CO2)CC2CO2)ccc1OC1CO1. The second-order valence-corrected chi connectivity index (χ2v) is 5.19. The molecule has 3 atom stereocenters. The van der Waals surface area contributed by atoms with Gasteiger partial charge in [-0.25, -0.2) is 0 Å². The lowest BCUT2D eigenvalue weighted by Gasteiger charge is -2.23. The maximum atomic E-state index is 5.56. The summed E-state index contributed by atoms with van der Waals surface area (Å²) >= 11 is 0. The minimum absolute atomic E-state index is 0.0401. The van der Waals surface area contributed by atoms with Crippen LogP contribution in [0.1, 0.15) is 0 Å². The maximum Gasteiger partial charge on any atom is 0.223 e. The topological polar surface area (TPSA) is 50.1 Å². The first kappa shape index (κ1) is 11.5. The number of benzene rings is 1. The van der Waals surface area contributed by atoms with Gasteiger partial charge in [-0.3, -0.25) is 0 Å². The molecule has 3 aliphatic heterocycles. The van der Waals surface area contributed by atoms with Gasteiger partial charge in [0.05, 0.1) is 25.4 Å². The molecule has 0 radical (unpaired) electrons. The van der Waals surface area contributed by atoms with Crippen LogP contribution in [0.15, 0.2) is 24.3 Å². The Labute approximate surface area is 112 Å². The molecule has 3 fully saturated rings. The van der Waals surface area contributed by atoms with Crippen LogP contribution in [0, 0.1) is 0 Å². The van der Waals surface area contributed by atoms with Crippen LogP contribution in [-0.4, -0.2) is 51.4 Å². The van der Waals surface area contributed by atoms with Crippen molar-refractivity contribution in [1.82, 2.24) is 0 Å². The fourth-order valence-corrected chi connectivity index (χ4v) is 2.12. The third-order valence-electron chi connectivity index (χ3n) is 3.42. The van der Waals surface area contributed by atoms with Gasteiger partial charge in [0.25, 0.3) is 0 Å². The zero-order chi connectivity index (χ0) is 12.7. The Morgan fingerprint density at radius 1 is 0.947 bits per heavy atom. The lowest BCUT2D eigenvalue weighted by atomic mass is 10.2. The quantitative estimate of drug-likeness (QED) is 0.688. The molecule has 1 aromatic rings. The van der Waals surface area contributed by atoms with Gasteiger partial charge in [-0.2, -0.15) is 0 Å². The fourth-order valence-electron chi connectivity index (χ4n) is 2.12. The summed E-state index contributed by atoms with van der Waals surface area (Å²) in [5, 5.41) is 0. The van der Waals surface area contributed by atoms with Crippen LogP contribution in [-0.2, 0) is 14.2 Å². The summed E-state index contributed by atoms with van der Waals surface area (Å²) in [6.07, 6.45) is 0.728. The molecule has 3 saturated heterocycles. The average molecular weight is 263 g/mol. The van der Waals surface area contributed by atoms with E-state index in [0.29, 0.717) is 18.8 Å². The Bertz CT molecular complexity index is 423. The average Bonchev–Trinajstić information content (AvgIpc) is 3.23. The monoisotopic (exact) mass is 263 g/mol. The lowest BCUT2D eigenvalue weighted by molar-refractivity contribution is 0.179. The molecule has 0 spiro atoms. The molecule has 3 aliphatic rings. The van der Waals surface area contributed by atoms with Crippen molar-refractivity contribution >= 4 is 5.69 Å². The minimum atomic E-state index is -0.0401. The van der Waals surface area contributed by atoms with Gasteiger partial charge in [0, 0.05) is 18.8 Å². The van der Waals surface area contributed by atoms with Gasteiger partial charge in [-0.1, -0.05) is 0 Å². The van der Waals surface area contributed by atoms with Crippen LogP contribution in [0.25, 0.3) is 0 Å². The number of rotatable bonds is 7. The molecule has 4 rings (SSSR count). The van der Waals surface area contributed by atoms with Crippen LogP contribution >= 0.6 is 0 Å². The summed E-state index contributed by atoms with van der Waals surface area (Å²) in [5.74, 6) is 0.858. The van der Waals surface area contributed by atoms with Gasteiger partial charge in [-0.05, 0) is 24.3 Å². The van der Waals surface area contributed by atoms with Crippen LogP contribution < -0.4 is 9.64 Å². The second kappa shape index (κ2) is 4.67. The maximum absolute atomic E-state index is 5.56. The Morgan fingerprint density at radius 3 is 2.00 bits per heavy atom. The highest BCUT2D eigenvalue weighted by molar-refractivity contribution is 5.49. The highest BCUT2D eigenvalue weighted by Crippen LogP contribution is 2.26. The van der Waals surface area contributed by atoms with Crippen LogP contribution in [0.4, 0.5) is 5.69 Å². The molecule has 5 nitrogen and oxygen atoms in total. The van der Waals surface area contributed by atoms with Gasteiger partial charge in [0.1, 0.15) is 12.4 Å². The van der Waals surface area contributed by atoms with Gasteiger partial charge in [0.2, 0.25) is 6.29 Å². The second-order valence-electron chi connectivity index (χ2n) is 5.19. The standard InChI is InChI=1S/C14H17NO4/c1-3-11(19-14-9-18-14)4-2-10(1)15(5-12-7-16-12)6-13-8-17-13/h1-4,12-14H,5-9H2. The van der Waals surface area contributed by atoms with E-state index in [0.717, 1.165) is 32.1 Å². The molecule has 3 unspecified atom stereocenters. The van der Waals surface area contributed by atoms with Crippen LogP contribution in [0.2, 0.25) is 0 Å². The third-order valence-corrected chi connectivity index (χ3v) is 3.42. The predicted molar refractivity (Wildman–Crippen MR) is 68.5 cm³/mol. The normalized spacial score (nSPS) is 30.8. The molecule has 19 heavy (non-hydrogen) atoms. The van der Waals surface area contributed by atoms with Crippen molar-refractivity contribution in [2.75, 3.05) is 37.8 Å².